The number of hydrogen-bond donors (Lipinski definition) is 1. The van der Waals surface area contributed by atoms with Gasteiger partial charge >= 0.3 is 5.97 Å². The first-order valence-corrected chi connectivity index (χ1v) is 7.39. The van der Waals surface area contributed by atoms with E-state index in [0.29, 0.717) is 21.2 Å². The summed E-state index contributed by atoms with van der Waals surface area (Å²) in [4.78, 5) is 19.9. The topological polar surface area (TPSA) is 81.5 Å². The first-order chi connectivity index (χ1) is 10.7. The zero-order valence-electron chi connectivity index (χ0n) is 11.6. The maximum absolute atomic E-state index is 11.7. The van der Waals surface area contributed by atoms with Crippen LogP contribution >= 0.6 is 11.3 Å². The zero-order valence-corrected chi connectivity index (χ0v) is 12.5. The lowest BCUT2D eigenvalue weighted by Crippen LogP contribution is -2.07. The summed E-state index contributed by atoms with van der Waals surface area (Å²) < 4.78 is 10.9. The number of hydrogen-bond acceptors (Lipinski definition) is 7. The van der Waals surface area contributed by atoms with E-state index < -0.39 is 5.97 Å². The molecule has 3 aromatic rings. The van der Waals surface area contributed by atoms with Crippen molar-refractivity contribution >= 4 is 27.5 Å². The van der Waals surface area contributed by atoms with Crippen molar-refractivity contribution in [1.29, 1.82) is 0 Å². The van der Waals surface area contributed by atoms with Gasteiger partial charge < -0.3 is 14.6 Å². The highest BCUT2D eigenvalue weighted by molar-refractivity contribution is 7.20. The quantitative estimate of drug-likeness (QED) is 0.743. The van der Waals surface area contributed by atoms with Gasteiger partial charge in [0.15, 0.2) is 11.4 Å². The van der Waals surface area contributed by atoms with Crippen LogP contribution in [0.3, 0.4) is 0 Å². The molecule has 0 aliphatic rings. The number of nitrogens with zero attached hydrogens (tertiary/aromatic N) is 2. The predicted octanol–water partition coefficient (Wildman–Crippen LogP) is 3.37. The molecule has 0 fully saturated rings. The van der Waals surface area contributed by atoms with Gasteiger partial charge in [-0.15, -0.1) is 0 Å². The zero-order chi connectivity index (χ0) is 15.5. The maximum atomic E-state index is 11.7. The Labute approximate surface area is 130 Å². The van der Waals surface area contributed by atoms with Crippen molar-refractivity contribution in [2.24, 2.45) is 0 Å². The highest BCUT2D eigenvalue weighted by Gasteiger charge is 2.20. The van der Waals surface area contributed by atoms with Gasteiger partial charge in [0.05, 0.1) is 12.8 Å². The lowest BCUT2D eigenvalue weighted by Gasteiger charge is -2.02. The van der Waals surface area contributed by atoms with Crippen LogP contribution in [0.2, 0.25) is 0 Å². The standard InChI is InChI=1S/C15H12N2O4S/c1-2-20-14(19)11-12(18)13-10(8-16-11)17-15(22-13)21-9-6-4-3-5-7-9/h3-8,18H,2H2,1H3. The summed E-state index contributed by atoms with van der Waals surface area (Å²) in [5.41, 5.74) is 0.339. The SMILES string of the molecule is CCOC(=O)c1ncc2nc(Oc3ccccc3)sc2c1O. The Morgan fingerprint density at radius 1 is 1.32 bits per heavy atom. The number of carbonyl (C=O) groups excluding carboxylic acids is 1. The number of esters is 1. The van der Waals surface area contributed by atoms with E-state index in [1.807, 2.05) is 18.2 Å². The van der Waals surface area contributed by atoms with Crippen molar-refractivity contribution in [2.45, 2.75) is 6.92 Å². The summed E-state index contributed by atoms with van der Waals surface area (Å²) in [5.74, 6) is -0.267. The predicted molar refractivity (Wildman–Crippen MR) is 81.6 cm³/mol. The Kier molecular flexibility index (Phi) is 3.88. The summed E-state index contributed by atoms with van der Waals surface area (Å²) in [7, 11) is 0. The molecule has 112 valence electrons. The molecule has 22 heavy (non-hydrogen) atoms. The van der Waals surface area contributed by atoms with Gasteiger partial charge in [0, 0.05) is 0 Å². The molecule has 0 amide bonds. The van der Waals surface area contributed by atoms with Crippen LogP contribution in [0.5, 0.6) is 16.7 Å². The summed E-state index contributed by atoms with van der Waals surface area (Å²) >= 11 is 1.14. The van der Waals surface area contributed by atoms with Gasteiger partial charge in [-0.05, 0) is 19.1 Å². The largest absolute Gasteiger partial charge is 0.504 e. The van der Waals surface area contributed by atoms with Crippen molar-refractivity contribution in [3.8, 4) is 16.7 Å². The number of benzene rings is 1. The summed E-state index contributed by atoms with van der Waals surface area (Å²) in [6.07, 6.45) is 1.41. The van der Waals surface area contributed by atoms with E-state index in [2.05, 4.69) is 9.97 Å². The molecular weight excluding hydrogens is 304 g/mol. The number of rotatable bonds is 4. The van der Waals surface area contributed by atoms with E-state index >= 15 is 0 Å². The number of fused-ring (bicyclic) bond motifs is 1. The van der Waals surface area contributed by atoms with Gasteiger partial charge in [0.25, 0.3) is 5.19 Å². The molecule has 0 aliphatic heterocycles. The minimum absolute atomic E-state index is 0.121. The van der Waals surface area contributed by atoms with Crippen LogP contribution in [0.1, 0.15) is 17.4 Å². The van der Waals surface area contributed by atoms with Crippen LogP contribution in [0.15, 0.2) is 36.5 Å². The van der Waals surface area contributed by atoms with Crippen LogP contribution < -0.4 is 4.74 Å². The first-order valence-electron chi connectivity index (χ1n) is 6.57. The molecule has 6 nitrogen and oxygen atoms in total. The monoisotopic (exact) mass is 316 g/mol. The smallest absolute Gasteiger partial charge is 0.360 e. The van der Waals surface area contributed by atoms with Crippen molar-refractivity contribution < 1.29 is 19.4 Å². The molecule has 1 N–H and O–H groups in total. The molecule has 0 spiro atoms. The van der Waals surface area contributed by atoms with Crippen LogP contribution in [0.25, 0.3) is 10.2 Å². The molecule has 0 radical (unpaired) electrons. The summed E-state index contributed by atoms with van der Waals surface area (Å²) in [6.45, 7) is 1.90. The molecule has 1 aromatic carbocycles. The normalized spacial score (nSPS) is 10.6. The van der Waals surface area contributed by atoms with Gasteiger partial charge in [0.2, 0.25) is 0 Å². The summed E-state index contributed by atoms with van der Waals surface area (Å²) in [5, 5.41) is 10.5. The third-order valence-corrected chi connectivity index (χ3v) is 3.76. The average molecular weight is 316 g/mol. The fraction of sp³-hybridized carbons (Fsp3) is 0.133. The van der Waals surface area contributed by atoms with Crippen LogP contribution in [-0.2, 0) is 4.74 Å². The fourth-order valence-corrected chi connectivity index (χ4v) is 2.70. The second-order valence-electron chi connectivity index (χ2n) is 4.29. The highest BCUT2D eigenvalue weighted by Crippen LogP contribution is 2.37. The Balaban J connectivity index is 1.96. The number of thiazole rings is 1. The minimum Gasteiger partial charge on any atom is -0.504 e. The van der Waals surface area contributed by atoms with Gasteiger partial charge in [-0.25, -0.2) is 14.8 Å². The van der Waals surface area contributed by atoms with Crippen molar-refractivity contribution in [3.63, 3.8) is 0 Å². The van der Waals surface area contributed by atoms with Crippen LogP contribution in [0.4, 0.5) is 0 Å². The second-order valence-corrected chi connectivity index (χ2v) is 5.25. The van der Waals surface area contributed by atoms with E-state index in [-0.39, 0.29) is 18.1 Å². The van der Waals surface area contributed by atoms with Gasteiger partial charge in [-0.1, -0.05) is 29.5 Å². The molecular formula is C15H12N2O4S. The number of pyridine rings is 1. The van der Waals surface area contributed by atoms with E-state index in [0.717, 1.165) is 11.3 Å². The van der Waals surface area contributed by atoms with Crippen molar-refractivity contribution in [3.05, 3.63) is 42.2 Å². The molecule has 0 saturated heterocycles. The molecule has 0 bridgehead atoms. The van der Waals surface area contributed by atoms with Crippen LogP contribution in [-0.4, -0.2) is 27.7 Å². The van der Waals surface area contributed by atoms with E-state index in [1.165, 1.54) is 6.20 Å². The Hall–Kier alpha value is -2.67. The molecule has 0 atom stereocenters. The minimum atomic E-state index is -0.666. The molecule has 0 saturated carbocycles. The summed E-state index contributed by atoms with van der Waals surface area (Å²) in [6, 6.07) is 9.18. The first kappa shape index (κ1) is 14.3. The molecule has 3 rings (SSSR count). The average Bonchev–Trinajstić information content (AvgIpc) is 2.92. The van der Waals surface area contributed by atoms with E-state index in [1.54, 1.807) is 19.1 Å². The molecule has 2 heterocycles. The number of para-hydroxylation sites is 1. The molecule has 0 unspecified atom stereocenters. The molecule has 7 heteroatoms. The van der Waals surface area contributed by atoms with Crippen LogP contribution in [0, 0.1) is 0 Å². The van der Waals surface area contributed by atoms with Gasteiger partial charge in [-0.2, -0.15) is 0 Å². The Morgan fingerprint density at radius 2 is 2.09 bits per heavy atom. The number of aromatic hydroxyl groups is 1. The van der Waals surface area contributed by atoms with Crippen molar-refractivity contribution in [1.82, 2.24) is 9.97 Å². The third-order valence-electron chi connectivity index (χ3n) is 2.81. The Bertz CT molecular complexity index is 817. The maximum Gasteiger partial charge on any atom is 0.360 e. The van der Waals surface area contributed by atoms with Gasteiger partial charge in [0.1, 0.15) is 16.0 Å². The number of carbonyl (C=O) groups is 1. The van der Waals surface area contributed by atoms with Crippen molar-refractivity contribution in [2.75, 3.05) is 6.61 Å². The van der Waals surface area contributed by atoms with E-state index in [9.17, 15) is 9.90 Å². The second kappa shape index (κ2) is 5.98. The fourth-order valence-electron chi connectivity index (χ4n) is 1.84. The lowest BCUT2D eigenvalue weighted by molar-refractivity contribution is 0.0516. The Morgan fingerprint density at radius 3 is 2.82 bits per heavy atom. The highest BCUT2D eigenvalue weighted by atomic mass is 32.1. The molecule has 2 aromatic heterocycles. The third kappa shape index (κ3) is 2.71. The lowest BCUT2D eigenvalue weighted by atomic mass is 10.3. The van der Waals surface area contributed by atoms with Gasteiger partial charge in [-0.3, -0.25) is 0 Å². The number of aromatic nitrogens is 2. The number of ether oxygens (including phenoxy) is 2. The van der Waals surface area contributed by atoms with E-state index in [4.69, 9.17) is 9.47 Å². The molecule has 0 aliphatic carbocycles.